The van der Waals surface area contributed by atoms with Crippen LogP contribution in [0.4, 0.5) is 4.39 Å². The molecule has 1 atom stereocenters. The van der Waals surface area contributed by atoms with E-state index in [1.807, 2.05) is 31.2 Å². The number of ether oxygens (including phenoxy) is 1. The summed E-state index contributed by atoms with van der Waals surface area (Å²) >= 11 is 0. The molecule has 0 aliphatic heterocycles. The number of para-hydroxylation sites is 1. The molecule has 3 aromatic rings. The first kappa shape index (κ1) is 19.8. The molecule has 7 heteroatoms. The maximum Gasteiger partial charge on any atom is 0.287 e. The number of carbonyl (C=O) groups is 1. The number of halogens is 1. The molecule has 0 bridgehead atoms. The van der Waals surface area contributed by atoms with Crippen molar-refractivity contribution < 1.29 is 22.5 Å². The highest BCUT2D eigenvalue weighted by Gasteiger charge is 2.14. The van der Waals surface area contributed by atoms with Crippen LogP contribution in [-0.2, 0) is 23.1 Å². The molecule has 0 saturated heterocycles. The van der Waals surface area contributed by atoms with Crippen molar-refractivity contribution in [2.45, 2.75) is 24.1 Å². The van der Waals surface area contributed by atoms with Gasteiger partial charge in [0.2, 0.25) is 0 Å². The number of furan rings is 1. The summed E-state index contributed by atoms with van der Waals surface area (Å²) in [5, 5.41) is 2.79. The Morgan fingerprint density at radius 3 is 2.61 bits per heavy atom. The Bertz CT molecular complexity index is 969. The number of carbonyl (C=O) groups excluding carboxylic acids is 1. The molecule has 1 N–H and O–H groups in total. The van der Waals surface area contributed by atoms with Crippen LogP contribution in [0.2, 0.25) is 0 Å². The maximum atomic E-state index is 13.0. The van der Waals surface area contributed by atoms with Gasteiger partial charge in [0.15, 0.2) is 5.76 Å². The Morgan fingerprint density at radius 1 is 1.11 bits per heavy atom. The lowest BCUT2D eigenvalue weighted by Gasteiger charge is -2.10. The van der Waals surface area contributed by atoms with Crippen molar-refractivity contribution >= 4 is 16.7 Å². The van der Waals surface area contributed by atoms with Crippen LogP contribution in [0.3, 0.4) is 0 Å². The summed E-state index contributed by atoms with van der Waals surface area (Å²) < 4.78 is 36.3. The van der Waals surface area contributed by atoms with Crippen molar-refractivity contribution in [1.82, 2.24) is 5.32 Å². The van der Waals surface area contributed by atoms with Gasteiger partial charge in [0.25, 0.3) is 5.91 Å². The van der Waals surface area contributed by atoms with Crippen LogP contribution in [0.5, 0.6) is 5.75 Å². The lowest BCUT2D eigenvalue weighted by atomic mass is 10.2. The molecular weight excluding hydrogens is 381 g/mol. The SMILES string of the molecule is CCOc1ccccc1CNC(=O)c1ccc(CS(=O)c2ccc(F)cc2)o1. The van der Waals surface area contributed by atoms with Crippen LogP contribution in [-0.4, -0.2) is 16.7 Å². The molecule has 0 saturated carbocycles. The molecule has 0 aliphatic rings. The summed E-state index contributed by atoms with van der Waals surface area (Å²) in [6.07, 6.45) is 0. The van der Waals surface area contributed by atoms with E-state index in [4.69, 9.17) is 9.15 Å². The van der Waals surface area contributed by atoms with Gasteiger partial charge in [0, 0.05) is 17.0 Å². The van der Waals surface area contributed by atoms with Crippen LogP contribution in [0.15, 0.2) is 70.0 Å². The molecule has 28 heavy (non-hydrogen) atoms. The van der Waals surface area contributed by atoms with Crippen LogP contribution < -0.4 is 10.1 Å². The lowest BCUT2D eigenvalue weighted by Crippen LogP contribution is -2.22. The highest BCUT2D eigenvalue weighted by atomic mass is 32.2. The number of amides is 1. The van der Waals surface area contributed by atoms with Gasteiger partial charge in [-0.3, -0.25) is 9.00 Å². The van der Waals surface area contributed by atoms with E-state index in [0.717, 1.165) is 11.3 Å². The molecule has 2 aromatic carbocycles. The highest BCUT2D eigenvalue weighted by Crippen LogP contribution is 2.19. The second kappa shape index (κ2) is 9.32. The fourth-order valence-electron chi connectivity index (χ4n) is 2.59. The number of hydrogen-bond acceptors (Lipinski definition) is 4. The standard InChI is InChI=1S/C21H20FNO4S/c1-2-26-19-6-4-3-5-15(19)13-23-21(24)20-12-9-17(27-20)14-28(25)18-10-7-16(22)8-11-18/h3-12H,2,13-14H2,1H3,(H,23,24). The van der Waals surface area contributed by atoms with Gasteiger partial charge in [-0.2, -0.15) is 0 Å². The summed E-state index contributed by atoms with van der Waals surface area (Å²) in [4.78, 5) is 12.8. The van der Waals surface area contributed by atoms with Crippen molar-refractivity contribution in [3.63, 3.8) is 0 Å². The Balaban J connectivity index is 1.59. The second-order valence-corrected chi connectivity index (χ2v) is 7.38. The molecule has 1 unspecified atom stereocenters. The fourth-order valence-corrected chi connectivity index (χ4v) is 3.61. The largest absolute Gasteiger partial charge is 0.494 e. The van der Waals surface area contributed by atoms with Gasteiger partial charge in [-0.25, -0.2) is 4.39 Å². The third-order valence-electron chi connectivity index (χ3n) is 3.95. The topological polar surface area (TPSA) is 68.5 Å². The molecule has 146 valence electrons. The minimum atomic E-state index is -1.39. The molecule has 1 heterocycles. The Labute approximate surface area is 165 Å². The predicted octanol–water partition coefficient (Wildman–Crippen LogP) is 4.06. The summed E-state index contributed by atoms with van der Waals surface area (Å²) in [6, 6.07) is 16.1. The second-order valence-electron chi connectivity index (χ2n) is 5.93. The van der Waals surface area contributed by atoms with Crippen molar-refractivity contribution in [3.05, 3.63) is 83.6 Å². The molecule has 0 aliphatic carbocycles. The zero-order chi connectivity index (χ0) is 19.9. The molecule has 1 amide bonds. The quantitative estimate of drug-likeness (QED) is 0.618. The van der Waals surface area contributed by atoms with Gasteiger partial charge < -0.3 is 14.5 Å². The number of benzene rings is 2. The van der Waals surface area contributed by atoms with Crippen LogP contribution in [0, 0.1) is 5.82 Å². The lowest BCUT2D eigenvalue weighted by molar-refractivity contribution is 0.0921. The average molecular weight is 401 g/mol. The summed E-state index contributed by atoms with van der Waals surface area (Å²) in [5.74, 6) is 0.628. The molecule has 5 nitrogen and oxygen atoms in total. The van der Waals surface area contributed by atoms with Gasteiger partial charge in [0.1, 0.15) is 17.3 Å². The zero-order valence-corrected chi connectivity index (χ0v) is 16.1. The van der Waals surface area contributed by atoms with E-state index in [2.05, 4.69) is 5.32 Å². The third kappa shape index (κ3) is 5.07. The van der Waals surface area contributed by atoms with Gasteiger partial charge >= 0.3 is 0 Å². The molecule has 3 rings (SSSR count). The first-order valence-corrected chi connectivity index (χ1v) is 10.1. The van der Waals surface area contributed by atoms with Gasteiger partial charge in [-0.1, -0.05) is 18.2 Å². The number of hydrogen-bond donors (Lipinski definition) is 1. The van der Waals surface area contributed by atoms with E-state index in [1.165, 1.54) is 24.3 Å². The Hall–Kier alpha value is -2.93. The smallest absolute Gasteiger partial charge is 0.287 e. The fraction of sp³-hybridized carbons (Fsp3) is 0.190. The Morgan fingerprint density at radius 2 is 1.86 bits per heavy atom. The summed E-state index contributed by atoms with van der Waals surface area (Å²) in [7, 11) is -1.39. The molecule has 0 radical (unpaired) electrons. The zero-order valence-electron chi connectivity index (χ0n) is 15.3. The van der Waals surface area contributed by atoms with Crippen LogP contribution in [0.25, 0.3) is 0 Å². The van der Waals surface area contributed by atoms with E-state index in [9.17, 15) is 13.4 Å². The predicted molar refractivity (Wildman–Crippen MR) is 104 cm³/mol. The third-order valence-corrected chi connectivity index (χ3v) is 5.29. The normalized spacial score (nSPS) is 11.8. The minimum absolute atomic E-state index is 0.103. The minimum Gasteiger partial charge on any atom is -0.494 e. The number of rotatable bonds is 8. The molecule has 0 fully saturated rings. The Kier molecular flexibility index (Phi) is 6.60. The van der Waals surface area contributed by atoms with E-state index in [0.29, 0.717) is 23.8 Å². The molecule has 1 aromatic heterocycles. The van der Waals surface area contributed by atoms with E-state index >= 15 is 0 Å². The number of nitrogens with one attached hydrogen (secondary N) is 1. The molecule has 0 spiro atoms. The van der Waals surface area contributed by atoms with Gasteiger partial charge in [-0.15, -0.1) is 0 Å². The summed E-state index contributed by atoms with van der Waals surface area (Å²) in [5.41, 5.74) is 0.863. The van der Waals surface area contributed by atoms with Crippen molar-refractivity contribution in [3.8, 4) is 5.75 Å². The van der Waals surface area contributed by atoms with Crippen LogP contribution in [0.1, 0.15) is 28.8 Å². The van der Waals surface area contributed by atoms with Crippen LogP contribution >= 0.6 is 0 Å². The van der Waals surface area contributed by atoms with Crippen molar-refractivity contribution in [2.24, 2.45) is 0 Å². The first-order valence-electron chi connectivity index (χ1n) is 8.78. The molecular formula is C21H20FNO4S. The van der Waals surface area contributed by atoms with Gasteiger partial charge in [-0.05, 0) is 49.4 Å². The van der Waals surface area contributed by atoms with Crippen molar-refractivity contribution in [1.29, 1.82) is 0 Å². The first-order chi connectivity index (χ1) is 13.6. The average Bonchev–Trinajstić information content (AvgIpc) is 3.16. The van der Waals surface area contributed by atoms with E-state index in [1.54, 1.807) is 12.1 Å². The summed E-state index contributed by atoms with van der Waals surface area (Å²) in [6.45, 7) is 2.74. The van der Waals surface area contributed by atoms with E-state index < -0.39 is 10.8 Å². The maximum absolute atomic E-state index is 13.0. The highest BCUT2D eigenvalue weighted by molar-refractivity contribution is 7.84. The van der Waals surface area contributed by atoms with Crippen molar-refractivity contribution in [2.75, 3.05) is 6.61 Å². The van der Waals surface area contributed by atoms with Gasteiger partial charge in [0.05, 0.1) is 23.2 Å². The monoisotopic (exact) mass is 401 g/mol. The van der Waals surface area contributed by atoms with E-state index in [-0.39, 0.29) is 23.2 Å².